The van der Waals surface area contributed by atoms with Crippen molar-refractivity contribution in [2.45, 2.75) is 83.7 Å². The van der Waals surface area contributed by atoms with E-state index in [4.69, 9.17) is 0 Å². The van der Waals surface area contributed by atoms with Crippen molar-refractivity contribution < 1.29 is 8.42 Å². The van der Waals surface area contributed by atoms with Gasteiger partial charge >= 0.3 is 0 Å². The van der Waals surface area contributed by atoms with E-state index in [0.29, 0.717) is 47.4 Å². The first-order valence-electron chi connectivity index (χ1n) is 10.5. The van der Waals surface area contributed by atoms with Crippen LogP contribution in [0, 0.1) is 31.6 Å². The van der Waals surface area contributed by atoms with Crippen molar-refractivity contribution >= 4 is 10.0 Å². The molecule has 1 aromatic rings. The molecule has 1 aliphatic heterocycles. The van der Waals surface area contributed by atoms with Gasteiger partial charge in [-0.05, 0) is 57.3 Å². The summed E-state index contributed by atoms with van der Waals surface area (Å²) in [5.74, 6) is 2.21. The topological polar surface area (TPSA) is 78.1 Å². The number of rotatable bonds is 5. The summed E-state index contributed by atoms with van der Waals surface area (Å²) in [7, 11) is -3.46. The molecule has 1 saturated heterocycles. The molecule has 1 aromatic heterocycles. The van der Waals surface area contributed by atoms with Crippen molar-refractivity contribution in [2.24, 2.45) is 17.8 Å². The van der Waals surface area contributed by atoms with E-state index in [9.17, 15) is 8.42 Å². The summed E-state index contributed by atoms with van der Waals surface area (Å²) in [6, 6.07) is 0.986. The van der Waals surface area contributed by atoms with Gasteiger partial charge in [0.1, 0.15) is 4.90 Å². The molecule has 0 radical (unpaired) electrons. The lowest BCUT2D eigenvalue weighted by Gasteiger charge is -2.41. The Morgan fingerprint density at radius 3 is 2.37 bits per heavy atom. The first-order chi connectivity index (χ1) is 12.7. The van der Waals surface area contributed by atoms with E-state index in [1.165, 1.54) is 19.3 Å². The molecule has 6 nitrogen and oxygen atoms in total. The second kappa shape index (κ2) is 8.21. The van der Waals surface area contributed by atoms with E-state index in [2.05, 4.69) is 36.3 Å². The van der Waals surface area contributed by atoms with Gasteiger partial charge in [-0.15, -0.1) is 0 Å². The van der Waals surface area contributed by atoms with Crippen molar-refractivity contribution in [3.8, 4) is 0 Å². The molecular weight excluding hydrogens is 360 g/mol. The van der Waals surface area contributed by atoms with Gasteiger partial charge in [0.05, 0.1) is 11.4 Å². The number of nitrogens with zero attached hydrogens (tertiary/aromatic N) is 2. The average molecular weight is 397 g/mol. The maximum Gasteiger partial charge on any atom is 0.246 e. The fraction of sp³-hybridized carbons (Fsp3) is 0.850. The molecule has 3 rings (SSSR count). The maximum atomic E-state index is 13.0. The van der Waals surface area contributed by atoms with E-state index in [1.807, 2.05) is 0 Å². The Balaban J connectivity index is 1.62. The third kappa shape index (κ3) is 4.40. The second-order valence-electron chi connectivity index (χ2n) is 9.04. The van der Waals surface area contributed by atoms with E-state index >= 15 is 0 Å². The van der Waals surface area contributed by atoms with Gasteiger partial charge < -0.3 is 5.32 Å². The Bertz CT molecular complexity index is 716. The number of sulfonamides is 1. The van der Waals surface area contributed by atoms with Gasteiger partial charge in [-0.25, -0.2) is 8.42 Å². The predicted octanol–water partition coefficient (Wildman–Crippen LogP) is 3.23. The van der Waals surface area contributed by atoms with Crippen LogP contribution in [0.5, 0.6) is 0 Å². The van der Waals surface area contributed by atoms with Crippen LogP contribution in [0.1, 0.15) is 64.3 Å². The fourth-order valence-corrected chi connectivity index (χ4v) is 6.81. The molecular formula is C20H36N4O2S. The Morgan fingerprint density at radius 1 is 1.15 bits per heavy atom. The molecule has 3 atom stereocenters. The summed E-state index contributed by atoms with van der Waals surface area (Å²) in [6.45, 7) is 11.7. The number of aromatic amines is 1. The lowest BCUT2D eigenvalue weighted by Crippen LogP contribution is -2.51. The normalized spacial score (nSPS) is 28.7. The van der Waals surface area contributed by atoms with Gasteiger partial charge in [0.15, 0.2) is 0 Å². The predicted molar refractivity (Wildman–Crippen MR) is 108 cm³/mol. The number of H-pyrrole nitrogens is 1. The van der Waals surface area contributed by atoms with Crippen molar-refractivity contribution in [1.29, 1.82) is 0 Å². The molecule has 154 valence electrons. The summed E-state index contributed by atoms with van der Waals surface area (Å²) < 4.78 is 27.7. The molecule has 3 unspecified atom stereocenters. The van der Waals surface area contributed by atoms with E-state index in [0.717, 1.165) is 24.7 Å². The molecule has 2 fully saturated rings. The molecule has 0 aromatic carbocycles. The summed E-state index contributed by atoms with van der Waals surface area (Å²) >= 11 is 0. The SMILES string of the molecule is Cc1n[nH]c(C)c1S(=O)(=O)N1CCC(NC2CC(C)CCC2C(C)C)CC1. The van der Waals surface area contributed by atoms with Crippen molar-refractivity contribution in [2.75, 3.05) is 13.1 Å². The van der Waals surface area contributed by atoms with Crippen LogP contribution in [0.3, 0.4) is 0 Å². The molecule has 0 bridgehead atoms. The first kappa shape index (κ1) is 20.8. The van der Waals surface area contributed by atoms with Crippen molar-refractivity contribution in [3.63, 3.8) is 0 Å². The largest absolute Gasteiger partial charge is 0.311 e. The zero-order valence-corrected chi connectivity index (χ0v) is 18.3. The lowest BCUT2D eigenvalue weighted by molar-refractivity contribution is 0.146. The molecule has 1 aliphatic carbocycles. The molecule has 7 heteroatoms. The number of aryl methyl sites for hydroxylation is 2. The highest BCUT2D eigenvalue weighted by Gasteiger charge is 2.36. The van der Waals surface area contributed by atoms with Crippen LogP contribution in [0.2, 0.25) is 0 Å². The molecule has 2 heterocycles. The monoisotopic (exact) mass is 396 g/mol. The summed E-state index contributed by atoms with van der Waals surface area (Å²) in [4.78, 5) is 0.356. The highest BCUT2D eigenvalue weighted by atomic mass is 32.2. The molecule has 1 saturated carbocycles. The van der Waals surface area contributed by atoms with Gasteiger partial charge in [0.2, 0.25) is 10.0 Å². The number of nitrogens with one attached hydrogen (secondary N) is 2. The molecule has 2 N–H and O–H groups in total. The number of piperidine rings is 1. The minimum atomic E-state index is -3.46. The number of hydrogen-bond donors (Lipinski definition) is 2. The van der Waals surface area contributed by atoms with Crippen LogP contribution < -0.4 is 5.32 Å². The fourth-order valence-electron chi connectivity index (χ4n) is 5.01. The second-order valence-corrected chi connectivity index (χ2v) is 10.9. The third-order valence-electron chi connectivity index (χ3n) is 6.58. The smallest absolute Gasteiger partial charge is 0.246 e. The minimum absolute atomic E-state index is 0.356. The van der Waals surface area contributed by atoms with Crippen molar-refractivity contribution in [3.05, 3.63) is 11.4 Å². The van der Waals surface area contributed by atoms with E-state index in [-0.39, 0.29) is 0 Å². The highest BCUT2D eigenvalue weighted by Crippen LogP contribution is 2.34. The molecule has 27 heavy (non-hydrogen) atoms. The Hall–Kier alpha value is -0.920. The maximum absolute atomic E-state index is 13.0. The van der Waals surface area contributed by atoms with E-state index < -0.39 is 10.0 Å². The van der Waals surface area contributed by atoms with Crippen LogP contribution >= 0.6 is 0 Å². The quantitative estimate of drug-likeness (QED) is 0.801. The third-order valence-corrected chi connectivity index (χ3v) is 8.75. The van der Waals surface area contributed by atoms with Crippen LogP contribution in [-0.4, -0.2) is 48.1 Å². The highest BCUT2D eigenvalue weighted by molar-refractivity contribution is 7.89. The zero-order valence-electron chi connectivity index (χ0n) is 17.5. The van der Waals surface area contributed by atoms with Crippen LogP contribution in [-0.2, 0) is 10.0 Å². The van der Waals surface area contributed by atoms with Gasteiger partial charge in [-0.2, -0.15) is 9.40 Å². The lowest BCUT2D eigenvalue weighted by atomic mass is 9.73. The Kier molecular flexibility index (Phi) is 6.33. The number of hydrogen-bond acceptors (Lipinski definition) is 4. The van der Waals surface area contributed by atoms with Gasteiger partial charge in [-0.1, -0.05) is 27.2 Å². The van der Waals surface area contributed by atoms with Crippen LogP contribution in [0.4, 0.5) is 0 Å². The van der Waals surface area contributed by atoms with Crippen LogP contribution in [0.15, 0.2) is 4.90 Å². The summed E-state index contributed by atoms with van der Waals surface area (Å²) in [5.41, 5.74) is 1.19. The van der Waals surface area contributed by atoms with Gasteiger partial charge in [0.25, 0.3) is 0 Å². The van der Waals surface area contributed by atoms with E-state index in [1.54, 1.807) is 18.2 Å². The average Bonchev–Trinajstić information content (AvgIpc) is 2.94. The Morgan fingerprint density at radius 2 is 1.81 bits per heavy atom. The van der Waals surface area contributed by atoms with Crippen LogP contribution in [0.25, 0.3) is 0 Å². The first-order valence-corrected chi connectivity index (χ1v) is 11.9. The number of aromatic nitrogens is 2. The molecule has 2 aliphatic rings. The molecule has 0 spiro atoms. The molecule has 0 amide bonds. The minimum Gasteiger partial charge on any atom is -0.311 e. The van der Waals surface area contributed by atoms with Gasteiger partial charge in [-0.3, -0.25) is 5.10 Å². The standard InChI is InChI=1S/C20H36N4O2S/c1-13(2)18-7-6-14(3)12-19(18)21-17-8-10-24(11-9-17)27(25,26)20-15(4)22-23-16(20)5/h13-14,17-19,21H,6-12H2,1-5H3,(H,22,23). The zero-order chi connectivity index (χ0) is 19.8. The van der Waals surface area contributed by atoms with Crippen molar-refractivity contribution in [1.82, 2.24) is 19.8 Å². The Labute approximate surface area is 164 Å². The van der Waals surface area contributed by atoms with Gasteiger partial charge in [0, 0.05) is 25.2 Å². The summed E-state index contributed by atoms with van der Waals surface area (Å²) in [6.07, 6.45) is 5.65. The summed E-state index contributed by atoms with van der Waals surface area (Å²) in [5, 5.41) is 10.8.